The van der Waals surface area contributed by atoms with Crippen molar-refractivity contribution in [3.05, 3.63) is 0 Å². The lowest BCUT2D eigenvalue weighted by atomic mass is 9.86. The van der Waals surface area contributed by atoms with Crippen LogP contribution in [0.4, 0.5) is 4.79 Å². The van der Waals surface area contributed by atoms with Gasteiger partial charge in [-0.05, 0) is 38.0 Å². The van der Waals surface area contributed by atoms with E-state index in [1.165, 1.54) is 19.3 Å². The Morgan fingerprint density at radius 2 is 1.10 bits per heavy atom. The van der Waals surface area contributed by atoms with E-state index in [-0.39, 0.29) is 49.3 Å². The van der Waals surface area contributed by atoms with Crippen molar-refractivity contribution in [1.82, 2.24) is 0 Å². The highest BCUT2D eigenvalue weighted by Crippen LogP contribution is 2.25. The molecule has 4 nitrogen and oxygen atoms in total. The largest absolute Gasteiger partial charge is 0.508 e. The number of carbonyl (C=O) groups excluding carboxylic acids is 1. The summed E-state index contributed by atoms with van der Waals surface area (Å²) in [5, 5.41) is 9.12. The quantitative estimate of drug-likeness (QED) is 0.430. The third-order valence-corrected chi connectivity index (χ3v) is 3.50. The van der Waals surface area contributed by atoms with Gasteiger partial charge in [-0.25, -0.2) is 4.79 Å². The second kappa shape index (κ2) is 51.1. The minimum atomic E-state index is -0.531. The molecule has 0 spiro atoms. The fourth-order valence-electron chi connectivity index (χ4n) is 2.12. The Morgan fingerprint density at radius 3 is 1.30 bits per heavy atom. The molecule has 2 rings (SSSR count). The van der Waals surface area contributed by atoms with E-state index < -0.39 is 6.16 Å². The SMILES string of the molecule is C.C.C.C.C.CC.CC.CC.CC.CCC1CCC(O)CC1.CCC1COC(=O)O1. The first-order chi connectivity index (χ1) is 12.2. The minimum absolute atomic E-state index is 0. The molecule has 1 aliphatic carbocycles. The van der Waals surface area contributed by atoms with E-state index in [0.717, 1.165) is 25.2 Å². The van der Waals surface area contributed by atoms with Crippen molar-refractivity contribution < 1.29 is 19.4 Å². The van der Waals surface area contributed by atoms with E-state index in [1.54, 1.807) is 0 Å². The van der Waals surface area contributed by atoms with E-state index >= 15 is 0 Å². The van der Waals surface area contributed by atoms with E-state index in [0.29, 0.717) is 6.61 Å². The Labute approximate surface area is 195 Å². The van der Waals surface area contributed by atoms with Crippen molar-refractivity contribution in [3.63, 3.8) is 0 Å². The third kappa shape index (κ3) is 37.9. The molecular formula is C26H68O4. The van der Waals surface area contributed by atoms with Crippen LogP contribution in [-0.4, -0.2) is 30.1 Å². The highest BCUT2D eigenvalue weighted by atomic mass is 16.8. The van der Waals surface area contributed by atoms with Crippen molar-refractivity contribution in [1.29, 1.82) is 0 Å². The van der Waals surface area contributed by atoms with Gasteiger partial charge in [-0.15, -0.1) is 0 Å². The summed E-state index contributed by atoms with van der Waals surface area (Å²) < 4.78 is 9.14. The predicted octanol–water partition coefficient (Wildman–Crippen LogP) is 10.2. The molecule has 4 heteroatoms. The lowest BCUT2D eigenvalue weighted by Gasteiger charge is -2.23. The van der Waals surface area contributed by atoms with Crippen molar-refractivity contribution in [3.8, 4) is 0 Å². The van der Waals surface area contributed by atoms with Crippen LogP contribution in [0, 0.1) is 5.92 Å². The average Bonchev–Trinajstić information content (AvgIpc) is 3.15. The molecule has 0 bridgehead atoms. The maximum atomic E-state index is 10.2. The van der Waals surface area contributed by atoms with Gasteiger partial charge < -0.3 is 14.6 Å². The monoisotopic (exact) mass is 445 g/mol. The molecule has 0 aromatic rings. The van der Waals surface area contributed by atoms with Crippen molar-refractivity contribution in [2.24, 2.45) is 5.92 Å². The Hall–Kier alpha value is -0.770. The molecule has 0 radical (unpaired) electrons. The number of rotatable bonds is 2. The van der Waals surface area contributed by atoms with E-state index in [9.17, 15) is 4.79 Å². The van der Waals surface area contributed by atoms with Gasteiger partial charge in [-0.1, -0.05) is 113 Å². The molecular weight excluding hydrogens is 376 g/mol. The minimum Gasteiger partial charge on any atom is -0.430 e. The number of ether oxygens (including phenoxy) is 2. The van der Waals surface area contributed by atoms with Crippen LogP contribution >= 0.6 is 0 Å². The molecule has 1 heterocycles. The molecule has 0 aromatic carbocycles. The summed E-state index contributed by atoms with van der Waals surface area (Å²) in [4.78, 5) is 10.2. The highest BCUT2D eigenvalue weighted by Gasteiger charge is 2.22. The zero-order valence-electron chi connectivity index (χ0n) is 18.9. The summed E-state index contributed by atoms with van der Waals surface area (Å²) in [6, 6.07) is 0. The van der Waals surface area contributed by atoms with Crippen LogP contribution in [-0.2, 0) is 9.47 Å². The summed E-state index contributed by atoms with van der Waals surface area (Å²) in [5.74, 6) is 0.911. The van der Waals surface area contributed by atoms with Gasteiger partial charge in [0.15, 0.2) is 0 Å². The molecule has 1 saturated heterocycles. The zero-order chi connectivity index (χ0) is 20.7. The molecule has 30 heavy (non-hydrogen) atoms. The Bertz CT molecular complexity index is 225. The molecule has 1 saturated carbocycles. The molecule has 196 valence electrons. The van der Waals surface area contributed by atoms with E-state index in [4.69, 9.17) is 5.11 Å². The lowest BCUT2D eigenvalue weighted by Crippen LogP contribution is -2.17. The summed E-state index contributed by atoms with van der Waals surface area (Å²) in [6.45, 7) is 20.6. The second-order valence-electron chi connectivity index (χ2n) is 4.79. The van der Waals surface area contributed by atoms with Crippen LogP contribution in [0.2, 0.25) is 0 Å². The second-order valence-corrected chi connectivity index (χ2v) is 4.79. The van der Waals surface area contributed by atoms with Crippen LogP contribution in [0.5, 0.6) is 0 Å². The molecule has 0 amide bonds. The fourth-order valence-corrected chi connectivity index (χ4v) is 2.12. The van der Waals surface area contributed by atoms with Gasteiger partial charge in [0.25, 0.3) is 0 Å². The number of hydrogen-bond acceptors (Lipinski definition) is 4. The zero-order valence-corrected chi connectivity index (χ0v) is 18.9. The standard InChI is InChI=1S/C8H16O.C5H8O3.4C2H6.5CH4/c1-2-7-3-5-8(9)6-4-7;1-2-4-3-7-5(6)8-4;4*1-2;;;;;/h7-9H,2-6H2,1H3;4H,2-3H2,1H3;4*1-2H3;5*1H4. The van der Waals surface area contributed by atoms with E-state index in [2.05, 4.69) is 16.4 Å². The van der Waals surface area contributed by atoms with Gasteiger partial charge in [0.05, 0.1) is 6.10 Å². The number of aliphatic hydroxyl groups excluding tert-OH is 1. The topological polar surface area (TPSA) is 55.8 Å². The van der Waals surface area contributed by atoms with Gasteiger partial charge in [-0.3, -0.25) is 0 Å². The van der Waals surface area contributed by atoms with Crippen LogP contribution in [0.15, 0.2) is 0 Å². The normalized spacial score (nSPS) is 19.0. The highest BCUT2D eigenvalue weighted by molar-refractivity contribution is 5.61. The smallest absolute Gasteiger partial charge is 0.430 e. The molecule has 1 atom stereocenters. The van der Waals surface area contributed by atoms with Gasteiger partial charge in [-0.2, -0.15) is 0 Å². The summed E-state index contributed by atoms with van der Waals surface area (Å²) in [7, 11) is 0. The average molecular weight is 445 g/mol. The third-order valence-electron chi connectivity index (χ3n) is 3.50. The number of carbonyl (C=O) groups is 1. The van der Waals surface area contributed by atoms with Crippen molar-refractivity contribution in [2.45, 2.75) is 157 Å². The van der Waals surface area contributed by atoms with Gasteiger partial charge in [0.2, 0.25) is 0 Å². The molecule has 1 aliphatic heterocycles. The number of hydrogen-bond donors (Lipinski definition) is 1. The first-order valence-corrected chi connectivity index (χ1v) is 10.7. The molecule has 2 aliphatic rings. The fraction of sp³-hybridized carbons (Fsp3) is 0.962. The summed E-state index contributed by atoms with van der Waals surface area (Å²) in [5.41, 5.74) is 0. The number of cyclic esters (lactones) is 2. The maximum Gasteiger partial charge on any atom is 0.508 e. The Morgan fingerprint density at radius 1 is 0.733 bits per heavy atom. The van der Waals surface area contributed by atoms with Crippen LogP contribution in [0.1, 0.15) is 145 Å². The van der Waals surface area contributed by atoms with Crippen LogP contribution in [0.25, 0.3) is 0 Å². The van der Waals surface area contributed by atoms with Gasteiger partial charge >= 0.3 is 6.16 Å². The van der Waals surface area contributed by atoms with Crippen molar-refractivity contribution >= 4 is 6.16 Å². The first-order valence-electron chi connectivity index (χ1n) is 10.7. The predicted molar refractivity (Wildman–Crippen MR) is 144 cm³/mol. The first kappa shape index (κ1) is 56.9. The number of aliphatic hydroxyl groups is 1. The van der Waals surface area contributed by atoms with Crippen LogP contribution < -0.4 is 0 Å². The van der Waals surface area contributed by atoms with Crippen molar-refractivity contribution in [2.75, 3.05) is 6.61 Å². The summed E-state index contributed by atoms with van der Waals surface area (Å²) in [6.07, 6.45) is 6.21. The molecule has 1 unspecified atom stereocenters. The van der Waals surface area contributed by atoms with Crippen LogP contribution in [0.3, 0.4) is 0 Å². The van der Waals surface area contributed by atoms with Gasteiger partial charge in [0.1, 0.15) is 12.7 Å². The Kier molecular flexibility index (Phi) is 97.0. The summed E-state index contributed by atoms with van der Waals surface area (Å²) >= 11 is 0. The Balaban J connectivity index is -0.0000000281. The lowest BCUT2D eigenvalue weighted by molar-refractivity contribution is 0.108. The maximum absolute atomic E-state index is 10.2. The van der Waals surface area contributed by atoms with E-state index in [1.807, 2.05) is 62.3 Å². The molecule has 1 N–H and O–H groups in total. The molecule has 0 aromatic heterocycles. The van der Waals surface area contributed by atoms with Gasteiger partial charge in [0, 0.05) is 0 Å². The molecule has 2 fully saturated rings.